The van der Waals surface area contributed by atoms with E-state index in [-0.39, 0.29) is 29.6 Å². The van der Waals surface area contributed by atoms with Crippen molar-refractivity contribution in [3.05, 3.63) is 64.5 Å². The molecule has 1 fully saturated rings. The number of thioether (sulfide) groups is 1. The lowest BCUT2D eigenvalue weighted by atomic mass is 10.1. The quantitative estimate of drug-likeness (QED) is 0.572. The minimum Gasteiger partial charge on any atom is -0.486 e. The van der Waals surface area contributed by atoms with Crippen molar-refractivity contribution in [3.8, 4) is 21.9 Å². The molecule has 1 unspecified atom stereocenters. The molecule has 2 aliphatic rings. The van der Waals surface area contributed by atoms with Crippen LogP contribution in [0, 0.1) is 12.7 Å². The van der Waals surface area contributed by atoms with E-state index in [2.05, 4.69) is 10.3 Å². The van der Waals surface area contributed by atoms with Crippen LogP contribution in [0.2, 0.25) is 0 Å². The summed E-state index contributed by atoms with van der Waals surface area (Å²) in [5, 5.41) is 3.47. The first kappa shape index (κ1) is 22.7. The van der Waals surface area contributed by atoms with E-state index in [1.165, 1.54) is 23.5 Å². The van der Waals surface area contributed by atoms with Crippen molar-refractivity contribution in [2.24, 2.45) is 0 Å². The van der Waals surface area contributed by atoms with Crippen molar-refractivity contribution in [1.82, 2.24) is 15.2 Å². The first-order valence-electron chi connectivity index (χ1n) is 10.8. The summed E-state index contributed by atoms with van der Waals surface area (Å²) in [4.78, 5) is 33.3. The number of fused-ring (bicyclic) bond motifs is 1. The number of hydrogen-bond acceptors (Lipinski definition) is 7. The maximum Gasteiger partial charge on any atom is 0.274 e. The highest BCUT2D eigenvalue weighted by atomic mass is 32.2. The van der Waals surface area contributed by atoms with Crippen molar-refractivity contribution < 1.29 is 23.5 Å². The van der Waals surface area contributed by atoms with Crippen molar-refractivity contribution >= 4 is 34.9 Å². The summed E-state index contributed by atoms with van der Waals surface area (Å²) >= 11 is 3.02. The summed E-state index contributed by atoms with van der Waals surface area (Å²) in [6.07, 6.45) is 0. The number of aromatic nitrogens is 1. The predicted octanol–water partition coefficient (Wildman–Crippen LogP) is 3.97. The zero-order chi connectivity index (χ0) is 23.7. The van der Waals surface area contributed by atoms with Gasteiger partial charge in [-0.25, -0.2) is 9.37 Å². The molecule has 0 bridgehead atoms. The van der Waals surface area contributed by atoms with E-state index in [0.717, 1.165) is 21.2 Å². The number of nitrogens with zero attached hydrogens (tertiary/aromatic N) is 2. The number of aryl methyl sites for hydroxylation is 1. The molecule has 1 aromatic heterocycles. The first-order chi connectivity index (χ1) is 16.5. The lowest BCUT2D eigenvalue weighted by molar-refractivity contribution is 0.0746. The Balaban J connectivity index is 1.31. The Morgan fingerprint density at radius 1 is 1.18 bits per heavy atom. The molecule has 2 aliphatic heterocycles. The van der Waals surface area contributed by atoms with Crippen molar-refractivity contribution in [2.75, 3.05) is 32.1 Å². The summed E-state index contributed by atoms with van der Waals surface area (Å²) in [7, 11) is 0. The van der Waals surface area contributed by atoms with Gasteiger partial charge in [0.15, 0.2) is 11.5 Å². The Hall–Kier alpha value is -3.11. The number of halogens is 1. The Morgan fingerprint density at radius 2 is 1.97 bits per heavy atom. The molecule has 3 aromatic rings. The predicted molar refractivity (Wildman–Crippen MR) is 129 cm³/mol. The van der Waals surface area contributed by atoms with Crippen LogP contribution >= 0.6 is 23.1 Å². The fourth-order valence-electron chi connectivity index (χ4n) is 3.96. The summed E-state index contributed by atoms with van der Waals surface area (Å²) in [5.41, 5.74) is 1.52. The van der Waals surface area contributed by atoms with Gasteiger partial charge in [0.05, 0.1) is 20.8 Å². The monoisotopic (exact) mass is 499 g/mol. The van der Waals surface area contributed by atoms with Gasteiger partial charge in [0.2, 0.25) is 0 Å². The van der Waals surface area contributed by atoms with Gasteiger partial charge in [0.25, 0.3) is 11.8 Å². The van der Waals surface area contributed by atoms with Crippen LogP contribution in [0.1, 0.15) is 25.9 Å². The van der Waals surface area contributed by atoms with Gasteiger partial charge in [0.1, 0.15) is 24.7 Å². The summed E-state index contributed by atoms with van der Waals surface area (Å²) < 4.78 is 24.6. The van der Waals surface area contributed by atoms with Crippen LogP contribution in [0.25, 0.3) is 10.4 Å². The second-order valence-corrected chi connectivity index (χ2v) is 10.3. The second kappa shape index (κ2) is 9.63. The van der Waals surface area contributed by atoms with Crippen LogP contribution in [0.3, 0.4) is 0 Å². The van der Waals surface area contributed by atoms with Crippen LogP contribution in [-0.4, -0.2) is 59.1 Å². The van der Waals surface area contributed by atoms with E-state index in [4.69, 9.17) is 9.47 Å². The van der Waals surface area contributed by atoms with Gasteiger partial charge in [0, 0.05) is 18.8 Å². The number of carbonyl (C=O) groups is 2. The summed E-state index contributed by atoms with van der Waals surface area (Å²) in [5.74, 6) is 0.957. The van der Waals surface area contributed by atoms with Gasteiger partial charge >= 0.3 is 0 Å². The van der Waals surface area contributed by atoms with Crippen molar-refractivity contribution in [3.63, 3.8) is 0 Å². The van der Waals surface area contributed by atoms with Crippen LogP contribution in [0.5, 0.6) is 11.5 Å². The van der Waals surface area contributed by atoms with E-state index in [1.54, 1.807) is 47.0 Å². The Morgan fingerprint density at radius 3 is 2.79 bits per heavy atom. The molecule has 7 nitrogen and oxygen atoms in total. The highest BCUT2D eigenvalue weighted by molar-refractivity contribution is 8.00. The molecule has 1 N–H and O–H groups in total. The Kier molecular flexibility index (Phi) is 6.42. The normalized spacial score (nSPS) is 17.0. The number of ether oxygens (including phenoxy) is 2. The Labute approximate surface area is 204 Å². The third-order valence-electron chi connectivity index (χ3n) is 5.54. The van der Waals surface area contributed by atoms with Gasteiger partial charge in [-0.3, -0.25) is 9.59 Å². The molecule has 5 rings (SSSR count). The zero-order valence-corrected chi connectivity index (χ0v) is 20.0. The smallest absolute Gasteiger partial charge is 0.274 e. The third-order valence-corrected chi connectivity index (χ3v) is 7.79. The maximum atomic E-state index is 13.5. The molecule has 0 saturated carbocycles. The number of amides is 2. The largest absolute Gasteiger partial charge is 0.486 e. The average Bonchev–Trinajstić information content (AvgIpc) is 3.49. The molecule has 0 spiro atoms. The van der Waals surface area contributed by atoms with E-state index >= 15 is 0 Å². The molecule has 2 amide bonds. The van der Waals surface area contributed by atoms with Crippen molar-refractivity contribution in [1.29, 1.82) is 0 Å². The fraction of sp³-hybridized carbons (Fsp3) is 0.292. The average molecular weight is 500 g/mol. The van der Waals surface area contributed by atoms with Crippen molar-refractivity contribution in [2.45, 2.75) is 12.3 Å². The minimum atomic E-state index is -0.332. The third kappa shape index (κ3) is 4.47. The molecule has 1 saturated heterocycles. The molecule has 34 heavy (non-hydrogen) atoms. The van der Waals surface area contributed by atoms with E-state index in [0.29, 0.717) is 42.5 Å². The number of hydrogen-bond donors (Lipinski definition) is 1. The zero-order valence-electron chi connectivity index (χ0n) is 18.4. The fourth-order valence-corrected chi connectivity index (χ4v) is 6.03. The topological polar surface area (TPSA) is 80.8 Å². The molecule has 1 atom stereocenters. The van der Waals surface area contributed by atoms with Gasteiger partial charge in [-0.15, -0.1) is 23.1 Å². The minimum absolute atomic E-state index is 0.193. The molecule has 176 valence electrons. The molecular weight excluding hydrogens is 477 g/mol. The van der Waals surface area contributed by atoms with Gasteiger partial charge in [-0.1, -0.05) is 18.2 Å². The Bertz CT molecular complexity index is 1230. The molecule has 0 aliphatic carbocycles. The van der Waals surface area contributed by atoms with Gasteiger partial charge < -0.3 is 19.7 Å². The number of thiazole rings is 1. The molecule has 3 heterocycles. The first-order valence-corrected chi connectivity index (χ1v) is 12.7. The highest BCUT2D eigenvalue weighted by Crippen LogP contribution is 2.35. The SMILES string of the molecule is Cc1nc(C(=O)N2CCSC2CNC(=O)c2cccc3c2OCCO3)c(-c2ccc(F)cc2)s1. The van der Waals surface area contributed by atoms with Gasteiger partial charge in [-0.2, -0.15) is 0 Å². The highest BCUT2D eigenvalue weighted by Gasteiger charge is 2.33. The molecular formula is C24H22FN3O4S2. The van der Waals surface area contributed by atoms with Crippen LogP contribution in [-0.2, 0) is 0 Å². The maximum absolute atomic E-state index is 13.5. The second-order valence-electron chi connectivity index (χ2n) is 7.78. The lowest BCUT2D eigenvalue weighted by Crippen LogP contribution is -2.42. The number of nitrogens with one attached hydrogen (secondary N) is 1. The van der Waals surface area contributed by atoms with E-state index in [1.807, 2.05) is 6.92 Å². The van der Waals surface area contributed by atoms with Crippen LogP contribution in [0.15, 0.2) is 42.5 Å². The van der Waals surface area contributed by atoms with Crippen LogP contribution in [0.4, 0.5) is 4.39 Å². The summed E-state index contributed by atoms with van der Waals surface area (Å²) in [6.45, 7) is 3.53. The van der Waals surface area contributed by atoms with E-state index < -0.39 is 0 Å². The van der Waals surface area contributed by atoms with Crippen LogP contribution < -0.4 is 14.8 Å². The van der Waals surface area contributed by atoms with E-state index in [9.17, 15) is 14.0 Å². The van der Waals surface area contributed by atoms with Gasteiger partial charge in [-0.05, 0) is 36.8 Å². The number of para-hydroxylation sites is 1. The number of carbonyl (C=O) groups excluding carboxylic acids is 2. The number of benzene rings is 2. The molecule has 0 radical (unpaired) electrons. The summed E-state index contributed by atoms with van der Waals surface area (Å²) in [6, 6.07) is 11.3. The molecule has 2 aromatic carbocycles. The molecule has 10 heteroatoms. The number of rotatable bonds is 5. The lowest BCUT2D eigenvalue weighted by Gasteiger charge is -2.24. The standard InChI is InChI=1S/C24H22FN3O4S2/c1-14-27-20(22(34-14)15-5-7-16(25)8-6-15)24(30)28-9-12-33-19(28)13-26-23(29)17-3-2-4-18-21(17)32-11-10-31-18/h2-8,19H,9-13H2,1H3,(H,26,29).